The summed E-state index contributed by atoms with van der Waals surface area (Å²) in [6, 6.07) is 28.7. The summed E-state index contributed by atoms with van der Waals surface area (Å²) >= 11 is 0. The molecule has 0 saturated heterocycles. The van der Waals surface area contributed by atoms with Crippen molar-refractivity contribution in [3.05, 3.63) is 119 Å². The van der Waals surface area contributed by atoms with Crippen LogP contribution >= 0.6 is 0 Å². The van der Waals surface area contributed by atoms with E-state index in [1.54, 1.807) is 0 Å². The molecule has 7 rings (SSSR count). The van der Waals surface area contributed by atoms with Crippen molar-refractivity contribution in [3.8, 4) is 11.1 Å². The van der Waals surface area contributed by atoms with Gasteiger partial charge in [-0.3, -0.25) is 0 Å². The third-order valence-corrected chi connectivity index (χ3v) is 7.45. The Morgan fingerprint density at radius 2 is 1.45 bits per heavy atom. The maximum Gasteiger partial charge on any atom is 0.0461 e. The van der Waals surface area contributed by atoms with Gasteiger partial charge in [0.1, 0.15) is 0 Å². The first kappa shape index (κ1) is 18.7. The molecule has 0 radical (unpaired) electrons. The highest BCUT2D eigenvalue weighted by Gasteiger charge is 2.27. The molecule has 4 aromatic carbocycles. The van der Waals surface area contributed by atoms with Crippen LogP contribution < -0.4 is 0 Å². The Morgan fingerprint density at radius 1 is 0.697 bits per heavy atom. The number of hydrogen-bond acceptors (Lipinski definition) is 0. The van der Waals surface area contributed by atoms with Crippen LogP contribution in [0.25, 0.3) is 45.0 Å². The Balaban J connectivity index is 1.49. The SMILES string of the molecule is C1=Cc2c(c(C3C=Cc4[nH]c5ccccc5c4C3)c3ccccc3c2-c2ccccc2)CC1. The van der Waals surface area contributed by atoms with Gasteiger partial charge in [0.15, 0.2) is 0 Å². The summed E-state index contributed by atoms with van der Waals surface area (Å²) in [6.07, 6.45) is 12.7. The van der Waals surface area contributed by atoms with E-state index in [4.69, 9.17) is 0 Å². The third kappa shape index (κ3) is 2.85. The second-order valence-electron chi connectivity index (χ2n) is 9.27. The Kier molecular flexibility index (Phi) is 4.17. The van der Waals surface area contributed by atoms with Gasteiger partial charge in [-0.15, -0.1) is 0 Å². The van der Waals surface area contributed by atoms with E-state index in [0.29, 0.717) is 5.92 Å². The number of fused-ring (bicyclic) bond motifs is 5. The van der Waals surface area contributed by atoms with E-state index in [-0.39, 0.29) is 0 Å². The second kappa shape index (κ2) is 7.35. The smallest absolute Gasteiger partial charge is 0.0461 e. The van der Waals surface area contributed by atoms with Crippen LogP contribution in [0.3, 0.4) is 0 Å². The Morgan fingerprint density at radius 3 is 2.33 bits per heavy atom. The molecule has 158 valence electrons. The van der Waals surface area contributed by atoms with Crippen LogP contribution in [0.15, 0.2) is 91.0 Å². The quantitative estimate of drug-likeness (QED) is 0.294. The van der Waals surface area contributed by atoms with E-state index in [1.807, 2.05) is 0 Å². The maximum absolute atomic E-state index is 3.62. The van der Waals surface area contributed by atoms with E-state index >= 15 is 0 Å². The average Bonchev–Trinajstić information content (AvgIpc) is 3.25. The predicted molar refractivity (Wildman–Crippen MR) is 141 cm³/mol. The molecule has 1 heteroatoms. The lowest BCUT2D eigenvalue weighted by Crippen LogP contribution is -2.12. The molecule has 0 aliphatic heterocycles. The molecule has 0 spiro atoms. The number of benzene rings is 4. The van der Waals surface area contributed by atoms with Gasteiger partial charge >= 0.3 is 0 Å². The Hall–Kier alpha value is -3.84. The van der Waals surface area contributed by atoms with Crippen LogP contribution in [0.2, 0.25) is 0 Å². The van der Waals surface area contributed by atoms with Crippen molar-refractivity contribution in [3.63, 3.8) is 0 Å². The van der Waals surface area contributed by atoms with Crippen molar-refractivity contribution < 1.29 is 0 Å². The fourth-order valence-corrected chi connectivity index (χ4v) is 6.04. The number of rotatable bonds is 2. The molecule has 1 heterocycles. The monoisotopic (exact) mass is 423 g/mol. The lowest BCUT2D eigenvalue weighted by molar-refractivity contribution is 0.814. The van der Waals surface area contributed by atoms with Crippen LogP contribution in [0.4, 0.5) is 0 Å². The minimum atomic E-state index is 0.381. The minimum absolute atomic E-state index is 0.381. The molecule has 2 aliphatic carbocycles. The van der Waals surface area contributed by atoms with Gasteiger partial charge in [0.05, 0.1) is 0 Å². The number of aromatic nitrogens is 1. The molecule has 33 heavy (non-hydrogen) atoms. The van der Waals surface area contributed by atoms with E-state index in [0.717, 1.165) is 19.3 Å². The third-order valence-electron chi connectivity index (χ3n) is 7.45. The molecule has 1 N–H and O–H groups in total. The van der Waals surface area contributed by atoms with Crippen LogP contribution in [-0.2, 0) is 12.8 Å². The number of aromatic amines is 1. The zero-order valence-electron chi connectivity index (χ0n) is 18.5. The first-order chi connectivity index (χ1) is 16.4. The van der Waals surface area contributed by atoms with Crippen LogP contribution in [0.1, 0.15) is 40.3 Å². The molecule has 0 bridgehead atoms. The minimum Gasteiger partial charge on any atom is -0.355 e. The number of para-hydroxylation sites is 1. The summed E-state index contributed by atoms with van der Waals surface area (Å²) in [5.41, 5.74) is 11.1. The van der Waals surface area contributed by atoms with Gasteiger partial charge in [-0.25, -0.2) is 0 Å². The highest BCUT2D eigenvalue weighted by Crippen LogP contribution is 2.45. The second-order valence-corrected chi connectivity index (χ2v) is 9.27. The van der Waals surface area contributed by atoms with Crippen molar-refractivity contribution in [2.75, 3.05) is 0 Å². The Bertz CT molecular complexity index is 1580. The highest BCUT2D eigenvalue weighted by molar-refractivity contribution is 6.04. The summed E-state index contributed by atoms with van der Waals surface area (Å²) in [7, 11) is 0. The van der Waals surface area contributed by atoms with Crippen LogP contribution in [-0.4, -0.2) is 4.98 Å². The van der Waals surface area contributed by atoms with Crippen molar-refractivity contribution in [1.82, 2.24) is 4.98 Å². The summed E-state index contributed by atoms with van der Waals surface area (Å²) in [4.78, 5) is 3.62. The topological polar surface area (TPSA) is 15.8 Å². The van der Waals surface area contributed by atoms with Gasteiger partial charge in [-0.2, -0.15) is 0 Å². The highest BCUT2D eigenvalue weighted by atomic mass is 14.7. The number of nitrogens with one attached hydrogen (secondary N) is 1. The summed E-state index contributed by atoms with van der Waals surface area (Å²) < 4.78 is 0. The first-order valence-electron chi connectivity index (χ1n) is 12.0. The van der Waals surface area contributed by atoms with Gasteiger partial charge in [-0.1, -0.05) is 91.0 Å². The zero-order valence-corrected chi connectivity index (χ0v) is 18.5. The van der Waals surface area contributed by atoms with E-state index in [9.17, 15) is 0 Å². The van der Waals surface area contributed by atoms with Gasteiger partial charge in [-0.05, 0) is 75.6 Å². The molecule has 0 fully saturated rings. The van der Waals surface area contributed by atoms with Gasteiger partial charge in [0.2, 0.25) is 0 Å². The molecule has 2 aliphatic rings. The molecule has 1 aromatic heterocycles. The number of hydrogen-bond donors (Lipinski definition) is 1. The van der Waals surface area contributed by atoms with E-state index < -0.39 is 0 Å². The lowest BCUT2D eigenvalue weighted by atomic mass is 9.76. The maximum atomic E-state index is 3.62. The lowest BCUT2D eigenvalue weighted by Gasteiger charge is -2.28. The van der Waals surface area contributed by atoms with Crippen molar-refractivity contribution in [2.24, 2.45) is 0 Å². The van der Waals surface area contributed by atoms with Crippen LogP contribution in [0.5, 0.6) is 0 Å². The van der Waals surface area contributed by atoms with Crippen molar-refractivity contribution >= 4 is 33.8 Å². The standard InChI is InChI=1S/C32H25N/c1-2-10-21(11-3-1)31-24-13-4-6-15-26(24)32(27-16-7-5-14-25(27)31)22-18-19-30-28(20-22)23-12-8-9-17-29(23)33-30/h1-6,8-15,17-19,22,33H,7,16,20H2. The summed E-state index contributed by atoms with van der Waals surface area (Å²) in [5, 5.41) is 4.13. The number of H-pyrrole nitrogens is 1. The molecule has 1 atom stereocenters. The summed E-state index contributed by atoms with van der Waals surface area (Å²) in [6.45, 7) is 0. The zero-order chi connectivity index (χ0) is 21.8. The van der Waals surface area contributed by atoms with E-state index in [1.165, 1.54) is 60.8 Å². The number of allylic oxidation sites excluding steroid dienone is 2. The van der Waals surface area contributed by atoms with E-state index in [2.05, 4.69) is 108 Å². The largest absolute Gasteiger partial charge is 0.355 e. The molecule has 1 nitrogen and oxygen atoms in total. The molecule has 0 amide bonds. The summed E-state index contributed by atoms with van der Waals surface area (Å²) in [5.74, 6) is 0.381. The molecule has 5 aromatic rings. The fourth-order valence-electron chi connectivity index (χ4n) is 6.04. The van der Waals surface area contributed by atoms with Gasteiger partial charge < -0.3 is 4.98 Å². The van der Waals surface area contributed by atoms with Crippen molar-refractivity contribution in [2.45, 2.75) is 25.2 Å². The average molecular weight is 424 g/mol. The molecule has 0 saturated carbocycles. The Labute approximate surface area is 194 Å². The van der Waals surface area contributed by atoms with Gasteiger partial charge in [0, 0.05) is 22.5 Å². The normalized spacial score (nSPS) is 16.8. The first-order valence-corrected chi connectivity index (χ1v) is 12.0. The molecule has 1 unspecified atom stereocenters. The molecular formula is C32H25N. The van der Waals surface area contributed by atoms with Crippen LogP contribution in [0, 0.1) is 0 Å². The fraction of sp³-hybridized carbons (Fsp3) is 0.125. The van der Waals surface area contributed by atoms with Crippen molar-refractivity contribution in [1.29, 1.82) is 0 Å². The molecular weight excluding hydrogens is 398 g/mol. The predicted octanol–water partition coefficient (Wildman–Crippen LogP) is 8.30. The van der Waals surface area contributed by atoms with Gasteiger partial charge in [0.25, 0.3) is 0 Å².